The lowest BCUT2D eigenvalue weighted by molar-refractivity contribution is 0.0691. The zero-order chi connectivity index (χ0) is 16.2. The molecule has 0 saturated carbocycles. The Morgan fingerprint density at radius 3 is 2.38 bits per heavy atom. The molecule has 0 aliphatic carbocycles. The van der Waals surface area contributed by atoms with E-state index in [9.17, 15) is 13.2 Å². The summed E-state index contributed by atoms with van der Waals surface area (Å²) in [4.78, 5) is 15.2. The molecule has 1 rings (SSSR count). The molecular formula is C13H23N3O4S. The van der Waals surface area contributed by atoms with Crippen LogP contribution in [0, 0.1) is 5.92 Å². The van der Waals surface area contributed by atoms with Gasteiger partial charge in [-0.05, 0) is 26.1 Å². The van der Waals surface area contributed by atoms with E-state index in [0.717, 1.165) is 6.07 Å². The first-order chi connectivity index (χ1) is 9.64. The normalized spacial score (nSPS) is 12.5. The first kappa shape index (κ1) is 17.7. The number of carboxylic acid groups (broad SMARTS) is 1. The minimum absolute atomic E-state index is 0.0145. The molecule has 0 spiro atoms. The average Bonchev–Trinajstić information content (AvgIpc) is 2.83. The summed E-state index contributed by atoms with van der Waals surface area (Å²) in [6, 6.07) is 1.15. The average molecular weight is 317 g/mol. The number of carboxylic acids is 1. The number of aromatic nitrogens is 1. The summed E-state index contributed by atoms with van der Waals surface area (Å²) in [7, 11) is 0.0556. The lowest BCUT2D eigenvalue weighted by Gasteiger charge is -2.24. The molecule has 21 heavy (non-hydrogen) atoms. The second kappa shape index (κ2) is 7.06. The van der Waals surface area contributed by atoms with Gasteiger partial charge in [-0.15, -0.1) is 0 Å². The van der Waals surface area contributed by atoms with Crippen LogP contribution in [0.3, 0.4) is 0 Å². The van der Waals surface area contributed by atoms with Gasteiger partial charge in [0.15, 0.2) is 0 Å². The SMILES string of the molecule is CC(C)CN(CCN(C)C)S(=O)(=O)c1c[nH]c(C(=O)O)c1. The maximum absolute atomic E-state index is 12.6. The predicted molar refractivity (Wildman–Crippen MR) is 79.9 cm³/mol. The Kier molecular flexibility index (Phi) is 5.94. The molecule has 0 aliphatic rings. The quantitative estimate of drug-likeness (QED) is 0.743. The van der Waals surface area contributed by atoms with E-state index in [1.54, 1.807) is 0 Å². The zero-order valence-corrected chi connectivity index (χ0v) is 13.6. The zero-order valence-electron chi connectivity index (χ0n) is 12.8. The second-order valence-corrected chi connectivity index (χ2v) is 7.55. The van der Waals surface area contributed by atoms with Crippen molar-refractivity contribution in [3.05, 3.63) is 18.0 Å². The molecule has 0 aliphatic heterocycles. The smallest absolute Gasteiger partial charge is 0.352 e. The van der Waals surface area contributed by atoms with Gasteiger partial charge in [0.25, 0.3) is 0 Å². The van der Waals surface area contributed by atoms with Gasteiger partial charge in [-0.3, -0.25) is 0 Å². The molecule has 0 unspecified atom stereocenters. The van der Waals surface area contributed by atoms with Crippen LogP contribution in [0.2, 0.25) is 0 Å². The van der Waals surface area contributed by atoms with Gasteiger partial charge in [-0.2, -0.15) is 4.31 Å². The summed E-state index contributed by atoms with van der Waals surface area (Å²) in [5.41, 5.74) is -0.134. The molecular weight excluding hydrogens is 294 g/mol. The summed E-state index contributed by atoms with van der Waals surface area (Å²) in [6.45, 7) is 5.24. The summed E-state index contributed by atoms with van der Waals surface area (Å²) < 4.78 is 26.6. The number of hydrogen-bond donors (Lipinski definition) is 2. The first-order valence-corrected chi connectivity index (χ1v) is 8.15. The molecule has 0 aromatic carbocycles. The second-order valence-electron chi connectivity index (χ2n) is 5.61. The highest BCUT2D eigenvalue weighted by Crippen LogP contribution is 2.18. The lowest BCUT2D eigenvalue weighted by Crippen LogP contribution is -2.38. The van der Waals surface area contributed by atoms with E-state index in [-0.39, 0.29) is 16.5 Å². The summed E-state index contributed by atoms with van der Waals surface area (Å²) >= 11 is 0. The van der Waals surface area contributed by atoms with E-state index in [0.29, 0.717) is 19.6 Å². The highest BCUT2D eigenvalue weighted by Gasteiger charge is 2.26. The molecule has 0 amide bonds. The number of hydrogen-bond acceptors (Lipinski definition) is 4. The Morgan fingerprint density at radius 2 is 1.95 bits per heavy atom. The number of sulfonamides is 1. The number of aromatic amines is 1. The van der Waals surface area contributed by atoms with Crippen molar-refractivity contribution in [2.45, 2.75) is 18.7 Å². The summed E-state index contributed by atoms with van der Waals surface area (Å²) in [5.74, 6) is -1.00. The molecule has 0 saturated heterocycles. The van der Waals surface area contributed by atoms with Gasteiger partial charge < -0.3 is 15.0 Å². The Hall–Kier alpha value is -1.38. The fourth-order valence-corrected chi connectivity index (χ4v) is 3.41. The molecule has 0 atom stereocenters. The van der Waals surface area contributed by atoms with Crippen molar-refractivity contribution in [2.75, 3.05) is 33.7 Å². The van der Waals surface area contributed by atoms with Crippen LogP contribution < -0.4 is 0 Å². The molecule has 1 aromatic heterocycles. The molecule has 120 valence electrons. The van der Waals surface area contributed by atoms with E-state index in [2.05, 4.69) is 4.98 Å². The first-order valence-electron chi connectivity index (χ1n) is 6.71. The molecule has 1 heterocycles. The van der Waals surface area contributed by atoms with E-state index >= 15 is 0 Å². The minimum Gasteiger partial charge on any atom is -0.477 e. The van der Waals surface area contributed by atoms with E-state index in [1.165, 1.54) is 10.5 Å². The van der Waals surface area contributed by atoms with Crippen LogP contribution in [-0.4, -0.2) is 67.4 Å². The topological polar surface area (TPSA) is 93.7 Å². The van der Waals surface area contributed by atoms with Crippen LogP contribution in [0.15, 0.2) is 17.2 Å². The van der Waals surface area contributed by atoms with Crippen LogP contribution in [0.1, 0.15) is 24.3 Å². The molecule has 0 bridgehead atoms. The number of nitrogens with zero attached hydrogens (tertiary/aromatic N) is 2. The molecule has 0 radical (unpaired) electrons. The van der Waals surface area contributed by atoms with Gasteiger partial charge in [0, 0.05) is 25.8 Å². The Balaban J connectivity index is 3.03. The largest absolute Gasteiger partial charge is 0.477 e. The Labute approximate surface area is 125 Å². The fraction of sp³-hybridized carbons (Fsp3) is 0.615. The van der Waals surface area contributed by atoms with Crippen LogP contribution in [0.25, 0.3) is 0 Å². The van der Waals surface area contributed by atoms with E-state index < -0.39 is 16.0 Å². The molecule has 1 aromatic rings. The van der Waals surface area contributed by atoms with Crippen LogP contribution in [0.4, 0.5) is 0 Å². The summed E-state index contributed by atoms with van der Waals surface area (Å²) in [6.07, 6.45) is 1.22. The summed E-state index contributed by atoms with van der Waals surface area (Å²) in [5, 5.41) is 8.88. The lowest BCUT2D eigenvalue weighted by atomic mass is 10.2. The van der Waals surface area contributed by atoms with Crippen molar-refractivity contribution in [2.24, 2.45) is 5.92 Å². The third-order valence-electron chi connectivity index (χ3n) is 2.89. The number of carbonyl (C=O) groups is 1. The van der Waals surface area contributed by atoms with Gasteiger partial charge in [0.1, 0.15) is 10.6 Å². The maximum atomic E-state index is 12.6. The Morgan fingerprint density at radius 1 is 1.33 bits per heavy atom. The van der Waals surface area contributed by atoms with Gasteiger partial charge in [0.05, 0.1) is 0 Å². The van der Waals surface area contributed by atoms with Crippen LogP contribution in [-0.2, 0) is 10.0 Å². The molecule has 7 nitrogen and oxygen atoms in total. The fourth-order valence-electron chi connectivity index (χ4n) is 1.82. The van der Waals surface area contributed by atoms with Crippen LogP contribution in [0.5, 0.6) is 0 Å². The monoisotopic (exact) mass is 317 g/mol. The third kappa shape index (κ3) is 4.83. The number of H-pyrrole nitrogens is 1. The molecule has 0 fully saturated rings. The van der Waals surface area contributed by atoms with Crippen molar-refractivity contribution in [3.8, 4) is 0 Å². The van der Waals surface area contributed by atoms with Gasteiger partial charge >= 0.3 is 5.97 Å². The highest BCUT2D eigenvalue weighted by molar-refractivity contribution is 7.89. The number of rotatable bonds is 8. The number of nitrogens with one attached hydrogen (secondary N) is 1. The number of aromatic carboxylic acids is 1. The number of likely N-dealkylation sites (N-methyl/N-ethyl adjacent to an activating group) is 1. The van der Waals surface area contributed by atoms with Crippen molar-refractivity contribution < 1.29 is 18.3 Å². The molecule has 8 heteroatoms. The Bertz CT molecular complexity index is 578. The predicted octanol–water partition coefficient (Wildman–Crippen LogP) is 0.921. The highest BCUT2D eigenvalue weighted by atomic mass is 32.2. The van der Waals surface area contributed by atoms with Crippen molar-refractivity contribution in [1.29, 1.82) is 0 Å². The standard InChI is InChI=1S/C13H23N3O4S/c1-10(2)9-16(6-5-15(3)4)21(19,20)11-7-12(13(17)18)14-8-11/h7-8,10,14H,5-6,9H2,1-4H3,(H,17,18). The van der Waals surface area contributed by atoms with Gasteiger partial charge in [-0.25, -0.2) is 13.2 Å². The van der Waals surface area contributed by atoms with Crippen molar-refractivity contribution in [3.63, 3.8) is 0 Å². The van der Waals surface area contributed by atoms with E-state index in [1.807, 2.05) is 32.8 Å². The van der Waals surface area contributed by atoms with Crippen LogP contribution >= 0.6 is 0 Å². The van der Waals surface area contributed by atoms with Gasteiger partial charge in [0.2, 0.25) is 10.0 Å². The minimum atomic E-state index is -3.69. The maximum Gasteiger partial charge on any atom is 0.352 e. The van der Waals surface area contributed by atoms with Crippen molar-refractivity contribution >= 4 is 16.0 Å². The molecule has 2 N–H and O–H groups in total. The van der Waals surface area contributed by atoms with Crippen molar-refractivity contribution in [1.82, 2.24) is 14.2 Å². The third-order valence-corrected chi connectivity index (χ3v) is 4.73. The van der Waals surface area contributed by atoms with Gasteiger partial charge in [-0.1, -0.05) is 13.8 Å². The van der Waals surface area contributed by atoms with E-state index in [4.69, 9.17) is 5.11 Å².